The van der Waals surface area contributed by atoms with E-state index < -0.39 is 0 Å². The fourth-order valence-electron chi connectivity index (χ4n) is 3.07. The van der Waals surface area contributed by atoms with Crippen LogP contribution >= 0.6 is 0 Å². The van der Waals surface area contributed by atoms with Crippen LogP contribution in [-0.4, -0.2) is 15.6 Å². The first kappa shape index (κ1) is 13.4. The molecule has 0 bridgehead atoms. The van der Waals surface area contributed by atoms with Crippen LogP contribution in [0.3, 0.4) is 0 Å². The van der Waals surface area contributed by atoms with Gasteiger partial charge in [-0.2, -0.15) is 0 Å². The highest BCUT2D eigenvalue weighted by atomic mass is 15.2. The van der Waals surface area contributed by atoms with Crippen LogP contribution in [-0.2, 0) is 0 Å². The van der Waals surface area contributed by atoms with Crippen molar-refractivity contribution in [2.45, 2.75) is 71.4 Å². The van der Waals surface area contributed by atoms with E-state index in [2.05, 4.69) is 41.8 Å². The minimum atomic E-state index is 0.495. The summed E-state index contributed by atoms with van der Waals surface area (Å²) in [6.07, 6.45) is 12.0. The SMILES string of the molecule is CC(C)CC(C)Nc1nccn1C1CCCCC1. The molecule has 0 spiro atoms. The molecule has 0 radical (unpaired) electrons. The zero-order chi connectivity index (χ0) is 13.0. The van der Waals surface area contributed by atoms with Crippen LogP contribution in [0.5, 0.6) is 0 Å². The first-order valence-corrected chi connectivity index (χ1v) is 7.46. The normalized spacial score (nSPS) is 19.1. The van der Waals surface area contributed by atoms with Crippen molar-refractivity contribution in [1.29, 1.82) is 0 Å². The molecule has 0 aliphatic heterocycles. The number of hydrogen-bond acceptors (Lipinski definition) is 2. The van der Waals surface area contributed by atoms with Gasteiger partial charge in [0.2, 0.25) is 5.95 Å². The minimum absolute atomic E-state index is 0.495. The van der Waals surface area contributed by atoms with Crippen LogP contribution in [0.1, 0.15) is 65.3 Å². The maximum atomic E-state index is 4.49. The molecule has 1 atom stereocenters. The molecule has 1 aliphatic rings. The highest BCUT2D eigenvalue weighted by molar-refractivity contribution is 5.28. The van der Waals surface area contributed by atoms with E-state index in [-0.39, 0.29) is 0 Å². The molecule has 1 fully saturated rings. The monoisotopic (exact) mass is 249 g/mol. The average molecular weight is 249 g/mol. The van der Waals surface area contributed by atoms with E-state index >= 15 is 0 Å². The van der Waals surface area contributed by atoms with Gasteiger partial charge in [-0.1, -0.05) is 33.1 Å². The minimum Gasteiger partial charge on any atom is -0.353 e. The highest BCUT2D eigenvalue weighted by Crippen LogP contribution is 2.30. The van der Waals surface area contributed by atoms with E-state index in [0.717, 1.165) is 11.9 Å². The molecular weight excluding hydrogens is 222 g/mol. The zero-order valence-corrected chi connectivity index (χ0v) is 12.0. The Bertz CT molecular complexity index is 350. The van der Waals surface area contributed by atoms with Crippen molar-refractivity contribution in [2.24, 2.45) is 5.92 Å². The smallest absolute Gasteiger partial charge is 0.203 e. The van der Waals surface area contributed by atoms with E-state index in [1.54, 1.807) is 0 Å². The molecule has 0 saturated heterocycles. The van der Waals surface area contributed by atoms with Gasteiger partial charge in [-0.15, -0.1) is 0 Å². The van der Waals surface area contributed by atoms with Crippen molar-refractivity contribution < 1.29 is 0 Å². The number of rotatable bonds is 5. The number of aromatic nitrogens is 2. The number of imidazole rings is 1. The van der Waals surface area contributed by atoms with Crippen LogP contribution in [0.2, 0.25) is 0 Å². The fourth-order valence-corrected chi connectivity index (χ4v) is 3.07. The van der Waals surface area contributed by atoms with Crippen LogP contribution in [0, 0.1) is 5.92 Å². The van der Waals surface area contributed by atoms with Crippen LogP contribution < -0.4 is 5.32 Å². The third kappa shape index (κ3) is 3.50. The molecule has 2 rings (SSSR count). The standard InChI is InChI=1S/C15H27N3/c1-12(2)11-13(3)17-15-16-9-10-18(15)14-7-5-4-6-8-14/h9-10,12-14H,4-8,11H2,1-3H3,(H,16,17). The third-order valence-electron chi connectivity index (χ3n) is 3.84. The molecule has 1 aromatic rings. The quantitative estimate of drug-likeness (QED) is 0.846. The van der Waals surface area contributed by atoms with Crippen molar-refractivity contribution >= 4 is 5.95 Å². The lowest BCUT2D eigenvalue weighted by Crippen LogP contribution is -2.22. The van der Waals surface area contributed by atoms with Gasteiger partial charge in [-0.3, -0.25) is 0 Å². The number of hydrogen-bond donors (Lipinski definition) is 1. The summed E-state index contributed by atoms with van der Waals surface area (Å²) >= 11 is 0. The van der Waals surface area contributed by atoms with Crippen LogP contribution in [0.15, 0.2) is 12.4 Å². The summed E-state index contributed by atoms with van der Waals surface area (Å²) in [6, 6.07) is 1.16. The summed E-state index contributed by atoms with van der Waals surface area (Å²) in [5.74, 6) is 1.79. The van der Waals surface area contributed by atoms with E-state index in [1.807, 2.05) is 6.20 Å². The van der Waals surface area contributed by atoms with Gasteiger partial charge in [0.25, 0.3) is 0 Å². The number of nitrogens with one attached hydrogen (secondary N) is 1. The van der Waals surface area contributed by atoms with Gasteiger partial charge in [0.15, 0.2) is 0 Å². The van der Waals surface area contributed by atoms with Gasteiger partial charge in [0.05, 0.1) is 0 Å². The first-order chi connectivity index (χ1) is 8.66. The maximum absolute atomic E-state index is 4.49. The molecule has 18 heavy (non-hydrogen) atoms. The summed E-state index contributed by atoms with van der Waals surface area (Å²) in [5.41, 5.74) is 0. The molecule has 0 aromatic carbocycles. The van der Waals surface area contributed by atoms with Gasteiger partial charge >= 0.3 is 0 Å². The van der Waals surface area contributed by atoms with Crippen molar-refractivity contribution in [3.8, 4) is 0 Å². The van der Waals surface area contributed by atoms with E-state index in [1.165, 1.54) is 38.5 Å². The largest absolute Gasteiger partial charge is 0.353 e. The fraction of sp³-hybridized carbons (Fsp3) is 0.800. The second-order valence-electron chi connectivity index (χ2n) is 6.12. The van der Waals surface area contributed by atoms with Crippen molar-refractivity contribution in [2.75, 3.05) is 5.32 Å². The number of nitrogens with zero attached hydrogens (tertiary/aromatic N) is 2. The van der Waals surface area contributed by atoms with Gasteiger partial charge in [-0.05, 0) is 32.1 Å². The molecule has 0 amide bonds. The zero-order valence-electron chi connectivity index (χ0n) is 12.0. The van der Waals surface area contributed by atoms with Gasteiger partial charge in [-0.25, -0.2) is 4.98 Å². The van der Waals surface area contributed by atoms with Gasteiger partial charge in [0, 0.05) is 24.5 Å². The van der Waals surface area contributed by atoms with E-state index in [9.17, 15) is 0 Å². The average Bonchev–Trinajstić information content (AvgIpc) is 2.77. The third-order valence-corrected chi connectivity index (χ3v) is 3.84. The van der Waals surface area contributed by atoms with Crippen LogP contribution in [0.25, 0.3) is 0 Å². The summed E-state index contributed by atoms with van der Waals surface area (Å²) in [6.45, 7) is 6.79. The number of anilines is 1. The Morgan fingerprint density at radius 2 is 2.00 bits per heavy atom. The van der Waals surface area contributed by atoms with Crippen molar-refractivity contribution in [1.82, 2.24) is 9.55 Å². The highest BCUT2D eigenvalue weighted by Gasteiger charge is 2.18. The lowest BCUT2D eigenvalue weighted by molar-refractivity contribution is 0.355. The maximum Gasteiger partial charge on any atom is 0.203 e. The van der Waals surface area contributed by atoms with E-state index in [4.69, 9.17) is 0 Å². The molecule has 1 unspecified atom stereocenters. The Balaban J connectivity index is 1.98. The molecule has 1 heterocycles. The Labute approximate surface area is 111 Å². The molecule has 1 N–H and O–H groups in total. The summed E-state index contributed by atoms with van der Waals surface area (Å²) in [4.78, 5) is 4.49. The topological polar surface area (TPSA) is 29.9 Å². The first-order valence-electron chi connectivity index (χ1n) is 7.46. The molecule has 1 aromatic heterocycles. The van der Waals surface area contributed by atoms with Gasteiger partial charge in [0.1, 0.15) is 0 Å². The summed E-state index contributed by atoms with van der Waals surface area (Å²) in [7, 11) is 0. The molecule has 1 aliphatic carbocycles. The molecular formula is C15H27N3. The Kier molecular flexibility index (Phi) is 4.67. The Hall–Kier alpha value is -0.990. The molecule has 3 nitrogen and oxygen atoms in total. The Morgan fingerprint density at radius 3 is 2.67 bits per heavy atom. The van der Waals surface area contributed by atoms with Crippen molar-refractivity contribution in [3.63, 3.8) is 0 Å². The van der Waals surface area contributed by atoms with Crippen LogP contribution in [0.4, 0.5) is 5.95 Å². The van der Waals surface area contributed by atoms with Gasteiger partial charge < -0.3 is 9.88 Å². The molecule has 1 saturated carbocycles. The second-order valence-corrected chi connectivity index (χ2v) is 6.12. The molecule has 102 valence electrons. The predicted molar refractivity (Wildman–Crippen MR) is 76.9 cm³/mol. The summed E-state index contributed by atoms with van der Waals surface area (Å²) in [5, 5.41) is 3.57. The lowest BCUT2D eigenvalue weighted by atomic mass is 9.95. The lowest BCUT2D eigenvalue weighted by Gasteiger charge is -2.26. The van der Waals surface area contributed by atoms with Crippen molar-refractivity contribution in [3.05, 3.63) is 12.4 Å². The van der Waals surface area contributed by atoms with E-state index in [0.29, 0.717) is 12.1 Å². The predicted octanol–water partition coefficient (Wildman–Crippen LogP) is 4.23. The Morgan fingerprint density at radius 1 is 1.28 bits per heavy atom. The second kappa shape index (κ2) is 6.26. The molecule has 3 heteroatoms. The summed E-state index contributed by atoms with van der Waals surface area (Å²) < 4.78 is 2.36.